The van der Waals surface area contributed by atoms with E-state index in [1.807, 2.05) is 18.2 Å². The molecular formula is C15H8ClO. The number of carbonyl (C=O) groups is 1. The van der Waals surface area contributed by atoms with E-state index in [9.17, 15) is 4.79 Å². The molecule has 0 N–H and O–H groups in total. The maximum absolute atomic E-state index is 12.0. The van der Waals surface area contributed by atoms with E-state index in [1.54, 1.807) is 30.3 Å². The van der Waals surface area contributed by atoms with Crippen molar-refractivity contribution in [1.29, 1.82) is 0 Å². The molecule has 0 aliphatic heterocycles. The summed E-state index contributed by atoms with van der Waals surface area (Å²) in [5.41, 5.74) is 1.92. The molecule has 0 bridgehead atoms. The number of rotatable bonds is 2. The van der Waals surface area contributed by atoms with Gasteiger partial charge in [-0.15, -0.1) is 0 Å². The predicted molar refractivity (Wildman–Crippen MR) is 67.9 cm³/mol. The van der Waals surface area contributed by atoms with E-state index in [-0.39, 0.29) is 5.78 Å². The van der Waals surface area contributed by atoms with Crippen LogP contribution in [-0.4, -0.2) is 5.78 Å². The molecule has 0 saturated carbocycles. The number of halogens is 1. The fourth-order valence-corrected chi connectivity index (χ4v) is 1.55. The van der Waals surface area contributed by atoms with Crippen molar-refractivity contribution in [2.24, 2.45) is 0 Å². The Morgan fingerprint density at radius 2 is 1.88 bits per heavy atom. The molecule has 1 nitrogen and oxygen atoms in total. The van der Waals surface area contributed by atoms with E-state index in [4.69, 9.17) is 11.6 Å². The van der Waals surface area contributed by atoms with Crippen LogP contribution in [0.3, 0.4) is 0 Å². The van der Waals surface area contributed by atoms with Gasteiger partial charge in [-0.25, -0.2) is 0 Å². The van der Waals surface area contributed by atoms with Crippen LogP contribution in [0.2, 0.25) is 0 Å². The van der Waals surface area contributed by atoms with Crippen LogP contribution in [0.5, 0.6) is 0 Å². The van der Waals surface area contributed by atoms with Crippen LogP contribution in [0.4, 0.5) is 0 Å². The largest absolute Gasteiger partial charge is 0.289 e. The van der Waals surface area contributed by atoms with Gasteiger partial charge in [0.2, 0.25) is 0 Å². The number of carbonyl (C=O) groups excluding carboxylic acids is 1. The van der Waals surface area contributed by atoms with Crippen molar-refractivity contribution in [2.45, 2.75) is 0 Å². The lowest BCUT2D eigenvalue weighted by Crippen LogP contribution is -2.00. The number of benzene rings is 2. The minimum Gasteiger partial charge on any atom is -0.289 e. The van der Waals surface area contributed by atoms with E-state index < -0.39 is 0 Å². The summed E-state index contributed by atoms with van der Waals surface area (Å²) < 4.78 is 0. The molecule has 2 aromatic rings. The molecule has 2 heteroatoms. The third-order valence-electron chi connectivity index (χ3n) is 2.28. The Balaban J connectivity index is 2.28. The van der Waals surface area contributed by atoms with Gasteiger partial charge in [0.15, 0.2) is 5.78 Å². The minimum atomic E-state index is -0.0454. The highest BCUT2D eigenvalue weighted by Gasteiger charge is 2.07. The van der Waals surface area contributed by atoms with Gasteiger partial charge < -0.3 is 0 Å². The molecule has 0 heterocycles. The average molecular weight is 240 g/mol. The van der Waals surface area contributed by atoms with Gasteiger partial charge in [-0.2, -0.15) is 0 Å². The summed E-state index contributed by atoms with van der Waals surface area (Å²) in [4.78, 5) is 12.0. The first-order chi connectivity index (χ1) is 8.31. The Hall–Kier alpha value is -2.04. The first kappa shape index (κ1) is 11.4. The lowest BCUT2D eigenvalue weighted by Gasteiger charge is -2.00. The molecule has 0 aromatic heterocycles. The predicted octanol–water partition coefficient (Wildman–Crippen LogP) is 3.27. The molecule has 17 heavy (non-hydrogen) atoms. The van der Waals surface area contributed by atoms with Crippen LogP contribution < -0.4 is 0 Å². The third-order valence-corrected chi connectivity index (χ3v) is 2.38. The summed E-state index contributed by atoms with van der Waals surface area (Å²) in [5, 5.41) is 2.28. The maximum atomic E-state index is 12.0. The highest BCUT2D eigenvalue weighted by atomic mass is 35.5. The Kier molecular flexibility index (Phi) is 3.59. The second-order valence-corrected chi connectivity index (χ2v) is 3.59. The topological polar surface area (TPSA) is 17.1 Å². The van der Waals surface area contributed by atoms with Gasteiger partial charge in [-0.3, -0.25) is 4.79 Å². The fourth-order valence-electron chi connectivity index (χ4n) is 1.44. The van der Waals surface area contributed by atoms with Crippen molar-refractivity contribution >= 4 is 17.4 Å². The first-order valence-corrected chi connectivity index (χ1v) is 5.42. The Labute approximate surface area is 105 Å². The van der Waals surface area contributed by atoms with Crippen LogP contribution in [0.1, 0.15) is 21.5 Å². The number of hydrogen-bond donors (Lipinski definition) is 0. The maximum Gasteiger partial charge on any atom is 0.193 e. The molecule has 0 unspecified atom stereocenters. The second kappa shape index (κ2) is 5.34. The molecule has 2 rings (SSSR count). The molecule has 2 aromatic carbocycles. The van der Waals surface area contributed by atoms with Crippen molar-refractivity contribution in [3.8, 4) is 11.3 Å². The second-order valence-electron chi connectivity index (χ2n) is 3.41. The van der Waals surface area contributed by atoms with Gasteiger partial charge in [-0.05, 0) is 41.8 Å². The molecule has 1 radical (unpaired) electrons. The van der Waals surface area contributed by atoms with E-state index >= 15 is 0 Å². The Morgan fingerprint density at radius 3 is 2.47 bits per heavy atom. The van der Waals surface area contributed by atoms with Crippen LogP contribution in [0, 0.1) is 17.4 Å². The molecule has 0 atom stereocenters. The zero-order valence-electron chi connectivity index (χ0n) is 8.91. The van der Waals surface area contributed by atoms with Crippen molar-refractivity contribution in [1.82, 2.24) is 0 Å². The Bertz CT molecular complexity index is 574. The van der Waals surface area contributed by atoms with Gasteiger partial charge in [0, 0.05) is 22.1 Å². The van der Waals surface area contributed by atoms with Crippen molar-refractivity contribution in [3.05, 3.63) is 71.3 Å². The van der Waals surface area contributed by atoms with Crippen LogP contribution in [0.15, 0.2) is 48.5 Å². The first-order valence-electron chi connectivity index (χ1n) is 5.04. The molecule has 0 amide bonds. The standard InChI is InChI=1S/C15H8ClO/c16-11-10-12-6-8-14(9-7-12)15(17)13-4-2-1-3-5-13/h1-8H. The van der Waals surface area contributed by atoms with Crippen LogP contribution >= 0.6 is 11.6 Å². The fraction of sp³-hybridized carbons (Fsp3) is 0. The zero-order chi connectivity index (χ0) is 12.1. The molecule has 0 aliphatic rings. The summed E-state index contributed by atoms with van der Waals surface area (Å²) in [5.74, 6) is 2.64. The highest BCUT2D eigenvalue weighted by Crippen LogP contribution is 2.10. The van der Waals surface area contributed by atoms with Gasteiger partial charge in [0.1, 0.15) is 0 Å². The van der Waals surface area contributed by atoms with Gasteiger partial charge in [0.25, 0.3) is 0 Å². The van der Waals surface area contributed by atoms with Crippen molar-refractivity contribution < 1.29 is 4.79 Å². The lowest BCUT2D eigenvalue weighted by molar-refractivity contribution is 0.103. The molecule has 0 fully saturated rings. The van der Waals surface area contributed by atoms with E-state index in [0.717, 1.165) is 5.56 Å². The monoisotopic (exact) mass is 239 g/mol. The summed E-state index contributed by atoms with van der Waals surface area (Å²) in [6.45, 7) is 0. The van der Waals surface area contributed by atoms with Gasteiger partial charge in [0.05, 0.1) is 0 Å². The smallest absolute Gasteiger partial charge is 0.193 e. The minimum absolute atomic E-state index is 0.0454. The molecule has 81 valence electrons. The molecular weight excluding hydrogens is 232 g/mol. The molecule has 0 aliphatic carbocycles. The van der Waals surface area contributed by atoms with Gasteiger partial charge >= 0.3 is 0 Å². The lowest BCUT2D eigenvalue weighted by atomic mass is 10.0. The summed E-state index contributed by atoms with van der Waals surface area (Å²) in [7, 11) is 0. The third kappa shape index (κ3) is 2.75. The Morgan fingerprint density at radius 1 is 1.12 bits per heavy atom. The molecule has 0 saturated heterocycles. The SMILES string of the molecule is O=C(c1[c]cc(C#CCl)cc1)c1ccccc1. The van der Waals surface area contributed by atoms with Crippen LogP contribution in [-0.2, 0) is 0 Å². The average Bonchev–Trinajstić information content (AvgIpc) is 2.40. The van der Waals surface area contributed by atoms with E-state index in [1.165, 1.54) is 0 Å². The number of hydrogen-bond acceptors (Lipinski definition) is 1. The summed E-state index contributed by atoms with van der Waals surface area (Å²) in [6.07, 6.45) is 0. The normalized spacial score (nSPS) is 9.24. The molecule has 0 spiro atoms. The van der Waals surface area contributed by atoms with Crippen molar-refractivity contribution in [2.75, 3.05) is 0 Å². The van der Waals surface area contributed by atoms with Gasteiger partial charge in [-0.1, -0.05) is 30.3 Å². The quantitative estimate of drug-likeness (QED) is 0.581. The summed E-state index contributed by atoms with van der Waals surface area (Å²) >= 11 is 5.29. The zero-order valence-corrected chi connectivity index (χ0v) is 9.66. The van der Waals surface area contributed by atoms with E-state index in [2.05, 4.69) is 17.4 Å². The van der Waals surface area contributed by atoms with Crippen molar-refractivity contribution in [3.63, 3.8) is 0 Å². The highest BCUT2D eigenvalue weighted by molar-refractivity contribution is 6.30. The van der Waals surface area contributed by atoms with Crippen LogP contribution in [0.25, 0.3) is 0 Å². The summed E-state index contributed by atoms with van der Waals surface area (Å²) in [6, 6.07) is 17.1. The van der Waals surface area contributed by atoms with E-state index in [0.29, 0.717) is 11.1 Å². The number of ketones is 1.